The van der Waals surface area contributed by atoms with Crippen LogP contribution in [-0.2, 0) is 15.1 Å². The van der Waals surface area contributed by atoms with Gasteiger partial charge in [-0.3, -0.25) is 4.79 Å². The molecule has 2 heterocycles. The average molecular weight is 380 g/mol. The third-order valence-electron chi connectivity index (χ3n) is 4.91. The third-order valence-corrected chi connectivity index (χ3v) is 6.22. The molecule has 3 aromatic rings. The van der Waals surface area contributed by atoms with E-state index in [1.807, 2.05) is 30.3 Å². The summed E-state index contributed by atoms with van der Waals surface area (Å²) in [5.41, 5.74) is 2.33. The second kappa shape index (κ2) is 6.70. The largest absolute Gasteiger partial charge is 0.434 e. The maximum atomic E-state index is 11.9. The number of carbonyl (C=O) groups excluding carboxylic acids is 2. The molecule has 0 spiro atoms. The van der Waals surface area contributed by atoms with Gasteiger partial charge in [0, 0.05) is 27.5 Å². The zero-order valence-electron chi connectivity index (χ0n) is 15.2. The van der Waals surface area contributed by atoms with Gasteiger partial charge in [0.05, 0.1) is 13.1 Å². The van der Waals surface area contributed by atoms with Gasteiger partial charge in [-0.25, -0.2) is 4.79 Å². The highest BCUT2D eigenvalue weighted by atomic mass is 32.1. The number of cyclic esters (lactones) is 1. The molecule has 138 valence electrons. The van der Waals surface area contributed by atoms with Gasteiger partial charge in [-0.1, -0.05) is 42.5 Å². The Balaban J connectivity index is 1.89. The molecule has 6 heteroatoms. The number of thiophene rings is 1. The van der Waals surface area contributed by atoms with Crippen molar-refractivity contribution < 1.29 is 14.3 Å². The van der Waals surface area contributed by atoms with Crippen molar-refractivity contribution in [3.05, 3.63) is 59.7 Å². The van der Waals surface area contributed by atoms with E-state index < -0.39 is 11.7 Å². The number of hydrogen-bond acceptors (Lipinski definition) is 4. The lowest BCUT2D eigenvalue weighted by atomic mass is 9.89. The quantitative estimate of drug-likeness (QED) is 0.720. The van der Waals surface area contributed by atoms with Crippen LogP contribution in [0.2, 0.25) is 0 Å². The summed E-state index contributed by atoms with van der Waals surface area (Å²) in [7, 11) is 0. The predicted molar refractivity (Wildman–Crippen MR) is 107 cm³/mol. The summed E-state index contributed by atoms with van der Waals surface area (Å²) in [4.78, 5) is 24.6. The van der Waals surface area contributed by atoms with Gasteiger partial charge in [0.2, 0.25) is 5.91 Å². The van der Waals surface area contributed by atoms with Gasteiger partial charge in [0.15, 0.2) is 5.60 Å². The molecular weight excluding hydrogens is 360 g/mol. The number of hydrogen-bond donors (Lipinski definition) is 2. The minimum Gasteiger partial charge on any atom is -0.434 e. The summed E-state index contributed by atoms with van der Waals surface area (Å²) in [5, 5.41) is 6.65. The molecule has 1 saturated heterocycles. The van der Waals surface area contributed by atoms with Gasteiger partial charge in [-0.15, -0.1) is 11.3 Å². The van der Waals surface area contributed by atoms with Crippen LogP contribution < -0.4 is 10.6 Å². The van der Waals surface area contributed by atoms with Crippen LogP contribution in [0.1, 0.15) is 18.1 Å². The summed E-state index contributed by atoms with van der Waals surface area (Å²) >= 11 is 1.73. The van der Waals surface area contributed by atoms with E-state index in [2.05, 4.69) is 35.8 Å². The fourth-order valence-electron chi connectivity index (χ4n) is 3.62. The summed E-state index contributed by atoms with van der Waals surface area (Å²) < 4.78 is 6.84. The van der Waals surface area contributed by atoms with E-state index in [-0.39, 0.29) is 12.5 Å². The molecule has 5 nitrogen and oxygen atoms in total. The highest BCUT2D eigenvalue weighted by molar-refractivity contribution is 7.22. The monoisotopic (exact) mass is 380 g/mol. The maximum Gasteiger partial charge on any atom is 0.408 e. The molecule has 1 unspecified atom stereocenters. The molecular formula is C21H20N2O3S. The lowest BCUT2D eigenvalue weighted by Gasteiger charge is -2.28. The Bertz CT molecular complexity index is 1030. The Morgan fingerprint density at radius 3 is 2.67 bits per heavy atom. The van der Waals surface area contributed by atoms with Crippen molar-refractivity contribution in [3.8, 4) is 10.4 Å². The SMILES string of the molecule is CC(=O)NCC1(c2cccc3sc(-c4ccccc4)c(C)c23)CNC(=O)O1. The molecule has 1 fully saturated rings. The number of nitrogens with one attached hydrogen (secondary N) is 2. The van der Waals surface area contributed by atoms with Gasteiger partial charge in [0.1, 0.15) is 0 Å². The molecule has 27 heavy (non-hydrogen) atoms. The van der Waals surface area contributed by atoms with E-state index in [0.717, 1.165) is 21.2 Å². The maximum absolute atomic E-state index is 11.9. The zero-order valence-corrected chi connectivity index (χ0v) is 16.0. The minimum atomic E-state index is -0.915. The molecule has 0 aliphatic carbocycles. The van der Waals surface area contributed by atoms with Gasteiger partial charge in [-0.2, -0.15) is 0 Å². The van der Waals surface area contributed by atoms with Crippen molar-refractivity contribution in [2.24, 2.45) is 0 Å². The van der Waals surface area contributed by atoms with Crippen molar-refractivity contribution in [2.75, 3.05) is 13.1 Å². The van der Waals surface area contributed by atoms with Crippen molar-refractivity contribution >= 4 is 33.4 Å². The Labute approximate surface area is 161 Å². The molecule has 1 atom stereocenters. The summed E-state index contributed by atoms with van der Waals surface area (Å²) in [6.07, 6.45) is -0.464. The minimum absolute atomic E-state index is 0.156. The van der Waals surface area contributed by atoms with Gasteiger partial charge < -0.3 is 15.4 Å². The van der Waals surface area contributed by atoms with Crippen LogP contribution in [0.5, 0.6) is 0 Å². The van der Waals surface area contributed by atoms with E-state index in [1.165, 1.54) is 17.4 Å². The predicted octanol–water partition coefficient (Wildman–Crippen LogP) is 3.95. The molecule has 2 N–H and O–H groups in total. The number of benzene rings is 2. The Kier molecular flexibility index (Phi) is 4.36. The van der Waals surface area contributed by atoms with Crippen molar-refractivity contribution in [2.45, 2.75) is 19.4 Å². The summed E-state index contributed by atoms with van der Waals surface area (Å²) in [5.74, 6) is -0.156. The molecule has 1 aliphatic heterocycles. The second-order valence-electron chi connectivity index (χ2n) is 6.75. The van der Waals surface area contributed by atoms with Crippen LogP contribution in [0, 0.1) is 6.92 Å². The lowest BCUT2D eigenvalue weighted by molar-refractivity contribution is -0.120. The molecule has 4 rings (SSSR count). The molecule has 0 saturated carbocycles. The van der Waals surface area contributed by atoms with Crippen molar-refractivity contribution in [3.63, 3.8) is 0 Å². The van der Waals surface area contributed by atoms with Crippen molar-refractivity contribution in [1.29, 1.82) is 0 Å². The molecule has 2 aromatic carbocycles. The first-order chi connectivity index (χ1) is 13.0. The van der Waals surface area contributed by atoms with Crippen molar-refractivity contribution in [1.82, 2.24) is 10.6 Å². The van der Waals surface area contributed by atoms with Crippen LogP contribution >= 0.6 is 11.3 Å². The second-order valence-corrected chi connectivity index (χ2v) is 7.80. The van der Waals surface area contributed by atoms with Gasteiger partial charge in [-0.05, 0) is 24.1 Å². The molecule has 1 aliphatic rings. The molecule has 1 aromatic heterocycles. The topological polar surface area (TPSA) is 67.4 Å². The fourth-order valence-corrected chi connectivity index (χ4v) is 4.86. The van der Waals surface area contributed by atoms with Gasteiger partial charge >= 0.3 is 6.09 Å². The zero-order chi connectivity index (χ0) is 19.0. The Hall–Kier alpha value is -2.86. The first-order valence-electron chi connectivity index (χ1n) is 8.79. The van der Waals surface area contributed by atoms with Crippen LogP contribution in [-0.4, -0.2) is 25.1 Å². The first-order valence-corrected chi connectivity index (χ1v) is 9.61. The third kappa shape index (κ3) is 3.06. The number of ether oxygens (including phenoxy) is 1. The van der Waals surface area contributed by atoms with E-state index >= 15 is 0 Å². The van der Waals surface area contributed by atoms with Crippen LogP contribution in [0.15, 0.2) is 48.5 Å². The number of carbonyl (C=O) groups is 2. The van der Waals surface area contributed by atoms with Crippen LogP contribution in [0.25, 0.3) is 20.5 Å². The molecule has 0 radical (unpaired) electrons. The number of rotatable bonds is 4. The smallest absolute Gasteiger partial charge is 0.408 e. The van der Waals surface area contributed by atoms with Gasteiger partial charge in [0.25, 0.3) is 0 Å². The number of fused-ring (bicyclic) bond motifs is 1. The Morgan fingerprint density at radius 2 is 2.00 bits per heavy atom. The van der Waals surface area contributed by atoms with Crippen LogP contribution in [0.3, 0.4) is 0 Å². The lowest BCUT2D eigenvalue weighted by Crippen LogP contribution is -2.43. The summed E-state index contributed by atoms with van der Waals surface area (Å²) in [6, 6.07) is 16.3. The normalized spacial score (nSPS) is 19.0. The van der Waals surface area contributed by atoms with Crippen LogP contribution in [0.4, 0.5) is 4.79 Å². The number of alkyl carbamates (subject to hydrolysis) is 1. The fraction of sp³-hybridized carbons (Fsp3) is 0.238. The van der Waals surface area contributed by atoms with E-state index in [1.54, 1.807) is 11.3 Å². The molecule has 2 amide bonds. The average Bonchev–Trinajstić information content (AvgIpc) is 3.22. The number of amides is 2. The summed E-state index contributed by atoms with van der Waals surface area (Å²) in [6.45, 7) is 4.11. The van der Waals surface area contributed by atoms with E-state index in [4.69, 9.17) is 4.74 Å². The molecule has 0 bridgehead atoms. The highest BCUT2D eigenvalue weighted by Gasteiger charge is 2.43. The standard InChI is InChI=1S/C21H20N2O3S/c1-13-18-16(21(11-22-14(2)24)12-23-20(25)26-21)9-6-10-17(18)27-19(13)15-7-4-3-5-8-15/h3-10H,11-12H2,1-2H3,(H,22,24)(H,23,25). The Morgan fingerprint density at radius 1 is 1.22 bits per heavy atom. The van der Waals surface area contributed by atoms with E-state index in [0.29, 0.717) is 6.54 Å². The van der Waals surface area contributed by atoms with E-state index in [9.17, 15) is 9.59 Å². The highest BCUT2D eigenvalue weighted by Crippen LogP contribution is 2.43. The number of aryl methyl sites for hydroxylation is 1. The first kappa shape index (κ1) is 17.5.